The Morgan fingerprint density at radius 2 is 1.96 bits per heavy atom. The summed E-state index contributed by atoms with van der Waals surface area (Å²) in [6.07, 6.45) is 6.53. The fourth-order valence-electron chi connectivity index (χ4n) is 5.07. The van der Waals surface area contributed by atoms with Crippen LogP contribution in [-0.2, 0) is 0 Å². The summed E-state index contributed by atoms with van der Waals surface area (Å²) in [4.78, 5) is 2.72. The zero-order valence-electron chi connectivity index (χ0n) is 15.6. The molecule has 3 fully saturated rings. The second-order valence-corrected chi connectivity index (χ2v) is 8.66. The van der Waals surface area contributed by atoms with Crippen LogP contribution in [0.15, 0.2) is 18.2 Å². The highest BCUT2D eigenvalue weighted by Gasteiger charge is 2.45. The third-order valence-electron chi connectivity index (χ3n) is 6.50. The average molecular weight is 346 g/mol. The van der Waals surface area contributed by atoms with Crippen molar-refractivity contribution >= 4 is 0 Å². The Kier molecular flexibility index (Phi) is 4.76. The zero-order valence-corrected chi connectivity index (χ0v) is 15.6. The summed E-state index contributed by atoms with van der Waals surface area (Å²) in [6, 6.07) is 5.87. The van der Waals surface area contributed by atoms with Crippen molar-refractivity contribution in [2.75, 3.05) is 26.2 Å². The Morgan fingerprint density at radius 1 is 1.20 bits per heavy atom. The molecule has 1 aliphatic carbocycles. The third-order valence-corrected chi connectivity index (χ3v) is 6.50. The molecule has 1 atom stereocenters. The highest BCUT2D eigenvalue weighted by Crippen LogP contribution is 2.44. The molecule has 1 aromatic rings. The molecule has 1 N–H and O–H groups in total. The van der Waals surface area contributed by atoms with E-state index in [-0.39, 0.29) is 11.9 Å². The third kappa shape index (κ3) is 3.56. The van der Waals surface area contributed by atoms with E-state index < -0.39 is 0 Å². The monoisotopic (exact) mass is 346 g/mol. The molecular formula is C21H31FN2O. The molecule has 138 valence electrons. The van der Waals surface area contributed by atoms with Crippen molar-refractivity contribution in [3.63, 3.8) is 0 Å². The van der Waals surface area contributed by atoms with Crippen molar-refractivity contribution < 1.29 is 9.13 Å². The predicted octanol–water partition coefficient (Wildman–Crippen LogP) is 3.93. The number of piperidine rings is 1. The average Bonchev–Trinajstić information content (AvgIpc) is 3.01. The molecule has 4 rings (SSSR count). The fraction of sp³-hybridized carbons (Fsp3) is 0.714. The van der Waals surface area contributed by atoms with Gasteiger partial charge in [-0.2, -0.15) is 0 Å². The van der Waals surface area contributed by atoms with E-state index in [0.717, 1.165) is 37.7 Å². The van der Waals surface area contributed by atoms with Gasteiger partial charge in [0, 0.05) is 25.2 Å². The van der Waals surface area contributed by atoms with Gasteiger partial charge in [0.05, 0.1) is 6.10 Å². The maximum atomic E-state index is 13.6. The van der Waals surface area contributed by atoms with Crippen LogP contribution in [-0.4, -0.2) is 43.2 Å². The molecule has 1 aromatic carbocycles. The second kappa shape index (κ2) is 6.88. The number of likely N-dealkylation sites (tertiary alicyclic amines) is 1. The van der Waals surface area contributed by atoms with Crippen LogP contribution < -0.4 is 10.1 Å². The molecule has 1 unspecified atom stereocenters. The molecule has 0 radical (unpaired) electrons. The highest BCUT2D eigenvalue weighted by molar-refractivity contribution is 5.37. The largest absolute Gasteiger partial charge is 0.491 e. The van der Waals surface area contributed by atoms with Crippen molar-refractivity contribution in [1.82, 2.24) is 10.2 Å². The van der Waals surface area contributed by atoms with Crippen LogP contribution in [0.3, 0.4) is 0 Å². The number of halogens is 1. The Morgan fingerprint density at radius 3 is 2.56 bits per heavy atom. The summed E-state index contributed by atoms with van der Waals surface area (Å²) in [6.45, 7) is 8.79. The number of benzene rings is 1. The normalized spacial score (nSPS) is 27.0. The molecular weight excluding hydrogens is 315 g/mol. The van der Waals surface area contributed by atoms with Crippen molar-refractivity contribution in [3.05, 3.63) is 29.6 Å². The van der Waals surface area contributed by atoms with Crippen molar-refractivity contribution in [3.8, 4) is 5.75 Å². The van der Waals surface area contributed by atoms with E-state index >= 15 is 0 Å². The molecule has 1 spiro atoms. The highest BCUT2D eigenvalue weighted by atomic mass is 19.1. The van der Waals surface area contributed by atoms with Gasteiger partial charge in [-0.05, 0) is 82.0 Å². The molecule has 3 aliphatic rings. The lowest BCUT2D eigenvalue weighted by molar-refractivity contribution is 0.119. The van der Waals surface area contributed by atoms with Gasteiger partial charge in [-0.3, -0.25) is 0 Å². The van der Waals surface area contributed by atoms with Crippen LogP contribution in [0.2, 0.25) is 0 Å². The van der Waals surface area contributed by atoms with Gasteiger partial charge in [-0.15, -0.1) is 0 Å². The minimum absolute atomic E-state index is 0.0754. The van der Waals surface area contributed by atoms with E-state index in [1.165, 1.54) is 37.9 Å². The van der Waals surface area contributed by atoms with E-state index in [1.54, 1.807) is 12.1 Å². The quantitative estimate of drug-likeness (QED) is 0.894. The van der Waals surface area contributed by atoms with Crippen LogP contribution in [0.4, 0.5) is 4.39 Å². The van der Waals surface area contributed by atoms with E-state index in [4.69, 9.17) is 4.74 Å². The molecule has 0 bridgehead atoms. The predicted molar refractivity (Wildman–Crippen MR) is 98.7 cm³/mol. The van der Waals surface area contributed by atoms with Crippen LogP contribution in [0.1, 0.15) is 57.4 Å². The van der Waals surface area contributed by atoms with Gasteiger partial charge in [-0.25, -0.2) is 4.39 Å². The molecule has 25 heavy (non-hydrogen) atoms. The Hall–Kier alpha value is -1.13. The lowest BCUT2D eigenvalue weighted by Crippen LogP contribution is -2.52. The lowest BCUT2D eigenvalue weighted by atomic mass is 9.80. The summed E-state index contributed by atoms with van der Waals surface area (Å²) in [5.41, 5.74) is 1.82. The minimum atomic E-state index is -0.206. The van der Waals surface area contributed by atoms with Gasteiger partial charge >= 0.3 is 0 Å². The first-order valence-corrected chi connectivity index (χ1v) is 9.96. The first-order chi connectivity index (χ1) is 12.0. The molecule has 2 heterocycles. The number of ether oxygens (including phenoxy) is 1. The zero-order chi connectivity index (χ0) is 17.4. The number of hydrogen-bond acceptors (Lipinski definition) is 3. The summed E-state index contributed by atoms with van der Waals surface area (Å²) < 4.78 is 19.5. The summed E-state index contributed by atoms with van der Waals surface area (Å²) in [5, 5.41) is 3.46. The number of rotatable bonds is 4. The Bertz CT molecular complexity index is 606. The van der Waals surface area contributed by atoms with Gasteiger partial charge in [0.15, 0.2) is 0 Å². The first-order valence-electron chi connectivity index (χ1n) is 9.96. The van der Waals surface area contributed by atoms with Crippen molar-refractivity contribution in [1.29, 1.82) is 0 Å². The van der Waals surface area contributed by atoms with Gasteiger partial charge in [0.2, 0.25) is 0 Å². The van der Waals surface area contributed by atoms with Gasteiger partial charge < -0.3 is 15.0 Å². The SMILES string of the molecule is CC(C)Oc1cc(F)ccc1C1CCN(C2CCC3(CNC3)C2)CC1. The Balaban J connectivity index is 1.39. The van der Waals surface area contributed by atoms with Crippen molar-refractivity contribution in [2.45, 2.75) is 64.0 Å². The maximum Gasteiger partial charge on any atom is 0.126 e. The molecule has 2 aliphatic heterocycles. The number of hydrogen-bond donors (Lipinski definition) is 1. The van der Waals surface area contributed by atoms with Crippen LogP contribution in [0, 0.1) is 11.2 Å². The fourth-order valence-corrected chi connectivity index (χ4v) is 5.07. The summed E-state index contributed by atoms with van der Waals surface area (Å²) >= 11 is 0. The summed E-state index contributed by atoms with van der Waals surface area (Å²) in [7, 11) is 0. The lowest BCUT2D eigenvalue weighted by Gasteiger charge is -2.41. The van der Waals surface area contributed by atoms with Gasteiger partial charge in [-0.1, -0.05) is 6.07 Å². The van der Waals surface area contributed by atoms with E-state index in [2.05, 4.69) is 10.2 Å². The van der Waals surface area contributed by atoms with Crippen LogP contribution in [0.25, 0.3) is 0 Å². The van der Waals surface area contributed by atoms with Crippen molar-refractivity contribution in [2.24, 2.45) is 5.41 Å². The van der Waals surface area contributed by atoms with Crippen LogP contribution in [0.5, 0.6) is 5.75 Å². The van der Waals surface area contributed by atoms with E-state index in [9.17, 15) is 4.39 Å². The van der Waals surface area contributed by atoms with Gasteiger partial charge in [0.25, 0.3) is 0 Å². The molecule has 2 saturated heterocycles. The first kappa shape index (κ1) is 17.3. The second-order valence-electron chi connectivity index (χ2n) is 8.66. The maximum absolute atomic E-state index is 13.6. The van der Waals surface area contributed by atoms with Crippen LogP contribution >= 0.6 is 0 Å². The van der Waals surface area contributed by atoms with E-state index in [0.29, 0.717) is 11.3 Å². The number of nitrogens with one attached hydrogen (secondary N) is 1. The molecule has 1 saturated carbocycles. The summed E-state index contributed by atoms with van der Waals surface area (Å²) in [5.74, 6) is 1.03. The molecule has 0 amide bonds. The smallest absolute Gasteiger partial charge is 0.126 e. The molecule has 3 nitrogen and oxygen atoms in total. The molecule has 4 heteroatoms. The van der Waals surface area contributed by atoms with E-state index in [1.807, 2.05) is 19.9 Å². The topological polar surface area (TPSA) is 24.5 Å². The molecule has 0 aromatic heterocycles. The minimum Gasteiger partial charge on any atom is -0.491 e. The Labute approximate surface area is 150 Å². The van der Waals surface area contributed by atoms with Gasteiger partial charge in [0.1, 0.15) is 11.6 Å². The standard InChI is InChI=1S/C21H31FN2O/c1-15(2)25-20-11-17(22)3-4-19(20)16-6-9-24(10-7-16)18-5-8-21(12-18)13-23-14-21/h3-4,11,15-16,18,23H,5-10,12-14H2,1-2H3. The number of nitrogens with zero attached hydrogens (tertiary/aromatic N) is 1.